The second-order valence-corrected chi connectivity index (χ2v) is 4.50. The molecule has 0 aliphatic carbocycles. The maximum Gasteiger partial charge on any atom is 0.224 e. The zero-order valence-electron chi connectivity index (χ0n) is 10.5. The molecule has 0 aromatic carbocycles. The quantitative estimate of drug-likeness (QED) is 0.845. The second-order valence-electron chi connectivity index (χ2n) is 4.50. The third-order valence-electron chi connectivity index (χ3n) is 3.22. The van der Waals surface area contributed by atoms with Gasteiger partial charge in [0.2, 0.25) is 5.91 Å². The van der Waals surface area contributed by atoms with E-state index in [0.29, 0.717) is 6.42 Å². The van der Waals surface area contributed by atoms with Crippen molar-refractivity contribution in [1.29, 1.82) is 0 Å². The Labute approximate surface area is 102 Å². The molecule has 2 heterocycles. The molecule has 5 nitrogen and oxygen atoms in total. The highest BCUT2D eigenvalue weighted by Gasteiger charge is 2.39. The molecule has 2 atom stereocenters. The smallest absolute Gasteiger partial charge is 0.224 e. The van der Waals surface area contributed by atoms with Gasteiger partial charge in [-0.3, -0.25) is 9.48 Å². The third kappa shape index (κ3) is 2.20. The van der Waals surface area contributed by atoms with E-state index in [0.717, 1.165) is 25.2 Å². The Kier molecular flexibility index (Phi) is 3.47. The Balaban J connectivity index is 2.24. The molecule has 1 aromatic rings. The number of aryl methyl sites for hydroxylation is 1. The summed E-state index contributed by atoms with van der Waals surface area (Å²) in [6.45, 7) is 5.71. The van der Waals surface area contributed by atoms with Gasteiger partial charge in [0.05, 0.1) is 11.7 Å². The lowest BCUT2D eigenvalue weighted by atomic mass is 10.1. The number of amides is 1. The molecule has 0 spiro atoms. The largest absolute Gasteiger partial charge is 0.332 e. The van der Waals surface area contributed by atoms with Gasteiger partial charge < -0.3 is 10.6 Å². The molecule has 1 aliphatic heterocycles. The first-order valence-electron chi connectivity index (χ1n) is 6.25. The summed E-state index contributed by atoms with van der Waals surface area (Å²) in [5.74, 6) is 0.149. The van der Waals surface area contributed by atoms with Crippen molar-refractivity contribution in [1.82, 2.24) is 14.7 Å². The van der Waals surface area contributed by atoms with Gasteiger partial charge in [0.25, 0.3) is 0 Å². The first-order valence-corrected chi connectivity index (χ1v) is 6.25. The van der Waals surface area contributed by atoms with Crippen LogP contribution in [0.2, 0.25) is 0 Å². The molecule has 0 bridgehead atoms. The molecule has 1 saturated heterocycles. The van der Waals surface area contributed by atoms with E-state index in [-0.39, 0.29) is 18.0 Å². The monoisotopic (exact) mass is 236 g/mol. The number of nitrogens with zero attached hydrogens (tertiary/aromatic N) is 3. The lowest BCUT2D eigenvalue weighted by Crippen LogP contribution is -2.34. The minimum absolute atomic E-state index is 0.0461. The Bertz CT molecular complexity index is 401. The topological polar surface area (TPSA) is 64.2 Å². The molecule has 2 rings (SSSR count). The SMILES string of the molecule is CCCN1C(=O)C[C@H](N)[C@H]1c1ccn(CC)n1. The van der Waals surface area contributed by atoms with Crippen LogP contribution in [0.4, 0.5) is 0 Å². The number of carbonyl (C=O) groups excluding carboxylic acids is 1. The van der Waals surface area contributed by atoms with E-state index >= 15 is 0 Å². The highest BCUT2D eigenvalue weighted by atomic mass is 16.2. The van der Waals surface area contributed by atoms with E-state index in [9.17, 15) is 4.79 Å². The molecule has 5 heteroatoms. The van der Waals surface area contributed by atoms with Crippen molar-refractivity contribution < 1.29 is 4.79 Å². The molecule has 0 unspecified atom stereocenters. The van der Waals surface area contributed by atoms with Crippen molar-refractivity contribution in [2.24, 2.45) is 5.73 Å². The average molecular weight is 236 g/mol. The Morgan fingerprint density at radius 1 is 1.53 bits per heavy atom. The van der Waals surface area contributed by atoms with Crippen LogP contribution in [0, 0.1) is 0 Å². The van der Waals surface area contributed by atoms with Gasteiger partial charge in [0.1, 0.15) is 0 Å². The molecule has 1 fully saturated rings. The summed E-state index contributed by atoms with van der Waals surface area (Å²) in [7, 11) is 0. The van der Waals surface area contributed by atoms with E-state index in [4.69, 9.17) is 5.73 Å². The van der Waals surface area contributed by atoms with Gasteiger partial charge in [-0.1, -0.05) is 6.92 Å². The van der Waals surface area contributed by atoms with Crippen LogP contribution < -0.4 is 5.73 Å². The van der Waals surface area contributed by atoms with Crippen LogP contribution in [0.15, 0.2) is 12.3 Å². The third-order valence-corrected chi connectivity index (χ3v) is 3.22. The summed E-state index contributed by atoms with van der Waals surface area (Å²) in [5, 5.41) is 4.47. The molecule has 2 N–H and O–H groups in total. The molecular weight excluding hydrogens is 216 g/mol. The molecular formula is C12H20N4O. The molecule has 1 aliphatic rings. The van der Waals surface area contributed by atoms with Gasteiger partial charge in [0.15, 0.2) is 0 Å². The molecule has 0 saturated carbocycles. The zero-order valence-corrected chi connectivity index (χ0v) is 10.5. The van der Waals surface area contributed by atoms with Gasteiger partial charge in [-0.2, -0.15) is 5.10 Å². The number of hydrogen-bond acceptors (Lipinski definition) is 3. The second kappa shape index (κ2) is 4.87. The van der Waals surface area contributed by atoms with E-state index in [1.54, 1.807) is 0 Å². The van der Waals surface area contributed by atoms with Crippen LogP contribution in [-0.4, -0.2) is 33.2 Å². The number of aromatic nitrogens is 2. The van der Waals surface area contributed by atoms with E-state index < -0.39 is 0 Å². The lowest BCUT2D eigenvalue weighted by molar-refractivity contribution is -0.129. The van der Waals surface area contributed by atoms with Gasteiger partial charge >= 0.3 is 0 Å². The lowest BCUT2D eigenvalue weighted by Gasteiger charge is -2.24. The van der Waals surface area contributed by atoms with Gasteiger partial charge in [-0.15, -0.1) is 0 Å². The van der Waals surface area contributed by atoms with Crippen LogP contribution in [0.25, 0.3) is 0 Å². The van der Waals surface area contributed by atoms with Crippen LogP contribution >= 0.6 is 0 Å². The number of nitrogens with two attached hydrogens (primary N) is 1. The minimum Gasteiger partial charge on any atom is -0.332 e. The van der Waals surface area contributed by atoms with Crippen LogP contribution in [0.5, 0.6) is 0 Å². The Hall–Kier alpha value is -1.36. The molecule has 17 heavy (non-hydrogen) atoms. The van der Waals surface area contributed by atoms with Gasteiger partial charge in [0, 0.05) is 31.7 Å². The van der Waals surface area contributed by atoms with Crippen LogP contribution in [0.1, 0.15) is 38.4 Å². The fraction of sp³-hybridized carbons (Fsp3) is 0.667. The van der Waals surface area contributed by atoms with E-state index in [1.807, 2.05) is 28.8 Å². The fourth-order valence-corrected chi connectivity index (χ4v) is 2.41. The van der Waals surface area contributed by atoms with Crippen molar-refractivity contribution in [3.8, 4) is 0 Å². The first-order chi connectivity index (χ1) is 8.17. The highest BCUT2D eigenvalue weighted by Crippen LogP contribution is 2.30. The summed E-state index contributed by atoms with van der Waals surface area (Å²) < 4.78 is 1.87. The molecule has 94 valence electrons. The predicted molar refractivity (Wildman–Crippen MR) is 65.2 cm³/mol. The fourth-order valence-electron chi connectivity index (χ4n) is 2.41. The van der Waals surface area contributed by atoms with Crippen molar-refractivity contribution in [3.63, 3.8) is 0 Å². The van der Waals surface area contributed by atoms with Crippen LogP contribution in [-0.2, 0) is 11.3 Å². The minimum atomic E-state index is -0.130. The standard InChI is InChI=1S/C12H20N4O/c1-3-6-16-11(17)8-9(13)12(16)10-5-7-15(4-2)14-10/h5,7,9,12H,3-4,6,8,13H2,1-2H3/t9-,12-/m0/s1. The highest BCUT2D eigenvalue weighted by molar-refractivity contribution is 5.80. The number of rotatable bonds is 4. The maximum absolute atomic E-state index is 11.8. The number of hydrogen-bond donors (Lipinski definition) is 1. The van der Waals surface area contributed by atoms with Gasteiger partial charge in [-0.05, 0) is 19.4 Å². The Morgan fingerprint density at radius 3 is 2.88 bits per heavy atom. The summed E-state index contributed by atoms with van der Waals surface area (Å²) >= 11 is 0. The normalized spacial score (nSPS) is 24.6. The van der Waals surface area contributed by atoms with Crippen molar-refractivity contribution >= 4 is 5.91 Å². The molecule has 0 radical (unpaired) electrons. The molecule has 1 amide bonds. The summed E-state index contributed by atoms with van der Waals surface area (Å²) in [6.07, 6.45) is 3.32. The first kappa shape index (κ1) is 12.1. The predicted octanol–water partition coefficient (Wildman–Crippen LogP) is 0.914. The zero-order chi connectivity index (χ0) is 12.4. The Morgan fingerprint density at radius 2 is 2.29 bits per heavy atom. The van der Waals surface area contributed by atoms with Crippen LogP contribution in [0.3, 0.4) is 0 Å². The summed E-state index contributed by atoms with van der Waals surface area (Å²) in [6, 6.07) is 1.79. The van der Waals surface area contributed by atoms with E-state index in [2.05, 4.69) is 12.0 Å². The van der Waals surface area contributed by atoms with Crippen molar-refractivity contribution in [2.45, 2.75) is 45.3 Å². The van der Waals surface area contributed by atoms with Crippen molar-refractivity contribution in [2.75, 3.05) is 6.54 Å². The van der Waals surface area contributed by atoms with E-state index in [1.165, 1.54) is 0 Å². The summed E-state index contributed by atoms with van der Waals surface area (Å²) in [5.41, 5.74) is 6.98. The maximum atomic E-state index is 11.8. The average Bonchev–Trinajstić information content (AvgIpc) is 2.85. The summed E-state index contributed by atoms with van der Waals surface area (Å²) in [4.78, 5) is 13.7. The number of likely N-dealkylation sites (tertiary alicyclic amines) is 1. The number of carbonyl (C=O) groups is 1. The molecule has 1 aromatic heterocycles. The van der Waals surface area contributed by atoms with Gasteiger partial charge in [-0.25, -0.2) is 0 Å². The van der Waals surface area contributed by atoms with Crippen molar-refractivity contribution in [3.05, 3.63) is 18.0 Å².